The molecule has 1 saturated heterocycles. The van der Waals surface area contributed by atoms with Gasteiger partial charge in [-0.15, -0.1) is 0 Å². The molecule has 16 heavy (non-hydrogen) atoms. The van der Waals surface area contributed by atoms with Crippen molar-refractivity contribution in [2.75, 3.05) is 6.61 Å². The average Bonchev–Trinajstić information content (AvgIpc) is 2.17. The predicted octanol–water partition coefficient (Wildman–Crippen LogP) is -3.02. The van der Waals surface area contributed by atoms with Gasteiger partial charge in [-0.3, -0.25) is 0 Å². The van der Waals surface area contributed by atoms with Crippen molar-refractivity contribution in [3.05, 3.63) is 0 Å². The lowest BCUT2D eigenvalue weighted by Crippen LogP contribution is -2.61. The molecular formula is C6H14NO7PS. The van der Waals surface area contributed by atoms with Crippen molar-refractivity contribution in [1.82, 2.24) is 0 Å². The number of nitrogens with two attached hydrogens (primary N) is 1. The molecule has 1 heterocycles. The number of aliphatic hydroxyl groups excluding tert-OH is 3. The van der Waals surface area contributed by atoms with E-state index in [1.807, 2.05) is 0 Å². The van der Waals surface area contributed by atoms with Crippen molar-refractivity contribution in [1.29, 1.82) is 0 Å². The van der Waals surface area contributed by atoms with E-state index in [1.165, 1.54) is 0 Å². The quantitative estimate of drug-likeness (QED) is 0.296. The lowest BCUT2D eigenvalue weighted by Gasteiger charge is -2.38. The van der Waals surface area contributed by atoms with E-state index < -0.39 is 44.0 Å². The van der Waals surface area contributed by atoms with Crippen LogP contribution in [-0.4, -0.2) is 62.4 Å². The normalized spacial score (nSPS) is 41.0. The molecule has 1 aliphatic heterocycles. The third-order valence-electron chi connectivity index (χ3n) is 2.18. The zero-order chi connectivity index (χ0) is 12.5. The number of rotatable bonds is 3. The maximum Gasteiger partial charge on any atom is 0.321 e. The topological polar surface area (TPSA) is 146 Å². The highest BCUT2D eigenvalue weighted by Crippen LogP contribution is 2.37. The third kappa shape index (κ3) is 3.67. The van der Waals surface area contributed by atoms with Gasteiger partial charge in [0.25, 0.3) is 0 Å². The second kappa shape index (κ2) is 5.32. The van der Waals surface area contributed by atoms with Crippen molar-refractivity contribution in [2.24, 2.45) is 5.73 Å². The summed E-state index contributed by atoms with van der Waals surface area (Å²) in [6.07, 6.45) is -5.40. The maximum absolute atomic E-state index is 9.49. The molecule has 0 aromatic rings. The first-order valence-corrected chi connectivity index (χ1v) is 7.00. The number of aliphatic hydroxyl groups is 3. The molecule has 0 amide bonds. The van der Waals surface area contributed by atoms with Crippen LogP contribution in [0.5, 0.6) is 0 Å². The summed E-state index contributed by atoms with van der Waals surface area (Å²) in [6.45, 7) is -4.33. The second-order valence-electron chi connectivity index (χ2n) is 3.41. The smallest absolute Gasteiger partial charge is 0.321 e. The molecule has 1 fully saturated rings. The van der Waals surface area contributed by atoms with Crippen LogP contribution in [0.3, 0.4) is 0 Å². The van der Waals surface area contributed by atoms with Gasteiger partial charge in [0.15, 0.2) is 6.29 Å². The van der Waals surface area contributed by atoms with Gasteiger partial charge in [0.1, 0.15) is 18.3 Å². The summed E-state index contributed by atoms with van der Waals surface area (Å²) >= 11 is 4.19. The molecule has 10 heteroatoms. The molecule has 1 rings (SSSR count). The van der Waals surface area contributed by atoms with Crippen LogP contribution in [0.25, 0.3) is 0 Å². The minimum Gasteiger partial charge on any atom is -0.388 e. The summed E-state index contributed by atoms with van der Waals surface area (Å²) in [7, 11) is 0. The van der Waals surface area contributed by atoms with Crippen LogP contribution < -0.4 is 5.73 Å². The predicted molar refractivity (Wildman–Crippen MR) is 55.5 cm³/mol. The van der Waals surface area contributed by atoms with Crippen LogP contribution in [0, 0.1) is 0 Å². The highest BCUT2D eigenvalue weighted by molar-refractivity contribution is 8.06. The fourth-order valence-corrected chi connectivity index (χ4v) is 1.80. The molecule has 8 nitrogen and oxygen atoms in total. The van der Waals surface area contributed by atoms with Crippen LogP contribution in [-0.2, 0) is 21.1 Å². The SMILES string of the molecule is N[C@@H]1[C@@H](O)[C@H](O)[C@@H](COP(O)(O)=S)O[C@H]1O. The first-order valence-electron chi connectivity index (χ1n) is 4.37. The van der Waals surface area contributed by atoms with Gasteiger partial charge < -0.3 is 40.1 Å². The van der Waals surface area contributed by atoms with Crippen LogP contribution in [0.4, 0.5) is 0 Å². The number of ether oxygens (including phenoxy) is 1. The van der Waals surface area contributed by atoms with Gasteiger partial charge in [-0.1, -0.05) is 0 Å². The fourth-order valence-electron chi connectivity index (χ4n) is 1.28. The molecule has 0 aromatic heterocycles. The summed E-state index contributed by atoms with van der Waals surface area (Å²) in [5, 5.41) is 28.1. The third-order valence-corrected chi connectivity index (χ3v) is 2.98. The van der Waals surface area contributed by atoms with Crippen LogP contribution in [0.1, 0.15) is 0 Å². The monoisotopic (exact) mass is 275 g/mol. The summed E-state index contributed by atoms with van der Waals surface area (Å²) in [5.74, 6) is 0. The molecule has 0 bridgehead atoms. The highest BCUT2D eigenvalue weighted by atomic mass is 32.5. The summed E-state index contributed by atoms with van der Waals surface area (Å²) in [4.78, 5) is 17.6. The molecule has 0 aromatic carbocycles. The lowest BCUT2D eigenvalue weighted by molar-refractivity contribution is -0.247. The molecule has 0 unspecified atom stereocenters. The van der Waals surface area contributed by atoms with E-state index in [4.69, 9.17) is 20.3 Å². The van der Waals surface area contributed by atoms with E-state index in [0.29, 0.717) is 0 Å². The Labute approximate surface area is 96.5 Å². The molecule has 7 N–H and O–H groups in total. The van der Waals surface area contributed by atoms with Gasteiger partial charge in [-0.2, -0.15) is 0 Å². The van der Waals surface area contributed by atoms with E-state index in [0.717, 1.165) is 0 Å². The Balaban J connectivity index is 2.57. The Kier molecular flexibility index (Phi) is 4.78. The van der Waals surface area contributed by atoms with E-state index in [-0.39, 0.29) is 0 Å². The van der Waals surface area contributed by atoms with Crippen molar-refractivity contribution in [3.63, 3.8) is 0 Å². The molecule has 1 aliphatic rings. The Hall–Kier alpha value is 0.330. The van der Waals surface area contributed by atoms with E-state index in [1.54, 1.807) is 0 Å². The van der Waals surface area contributed by atoms with Crippen LogP contribution >= 0.6 is 6.72 Å². The zero-order valence-electron chi connectivity index (χ0n) is 8.08. The van der Waals surface area contributed by atoms with Crippen molar-refractivity contribution in [3.8, 4) is 0 Å². The summed E-state index contributed by atoms with van der Waals surface area (Å²) < 4.78 is 9.28. The highest BCUT2D eigenvalue weighted by Gasteiger charge is 2.42. The van der Waals surface area contributed by atoms with Crippen molar-refractivity contribution >= 4 is 18.5 Å². The number of hydrogen-bond donors (Lipinski definition) is 6. The average molecular weight is 275 g/mol. The molecule has 0 radical (unpaired) electrons. The van der Waals surface area contributed by atoms with Gasteiger partial charge in [-0.05, 0) is 11.8 Å². The van der Waals surface area contributed by atoms with Gasteiger partial charge in [0.2, 0.25) is 0 Å². The number of hydrogen-bond acceptors (Lipinski definition) is 7. The first kappa shape index (κ1) is 14.4. The largest absolute Gasteiger partial charge is 0.388 e. The lowest BCUT2D eigenvalue weighted by atomic mass is 9.98. The molecule has 0 aliphatic carbocycles. The van der Waals surface area contributed by atoms with E-state index >= 15 is 0 Å². The van der Waals surface area contributed by atoms with Gasteiger partial charge in [-0.25, -0.2) is 0 Å². The molecule has 5 atom stereocenters. The molecule has 96 valence electrons. The molecular weight excluding hydrogens is 261 g/mol. The fraction of sp³-hybridized carbons (Fsp3) is 1.00. The van der Waals surface area contributed by atoms with Crippen molar-refractivity contribution in [2.45, 2.75) is 30.6 Å². The Morgan fingerprint density at radius 2 is 1.81 bits per heavy atom. The van der Waals surface area contributed by atoms with Gasteiger partial charge in [0.05, 0.1) is 12.6 Å². The summed E-state index contributed by atoms with van der Waals surface area (Å²) in [6, 6.07) is -1.14. The standard InChI is InChI=1S/C6H14NO7PS/c7-3-5(9)4(8)2(14-6(3)10)1-13-15(11,12)16/h2-6,8-10H,1,7H2,(H2,11,12,16)/t2-,3-,4-,5-,6-/m1/s1. The molecule has 0 spiro atoms. The van der Waals surface area contributed by atoms with E-state index in [2.05, 4.69) is 16.3 Å². The van der Waals surface area contributed by atoms with E-state index in [9.17, 15) is 15.3 Å². The Bertz CT molecular complexity index is 286. The minimum absolute atomic E-state index is 0.466. The van der Waals surface area contributed by atoms with Crippen LogP contribution in [0.2, 0.25) is 0 Å². The van der Waals surface area contributed by atoms with Crippen LogP contribution in [0.15, 0.2) is 0 Å². The van der Waals surface area contributed by atoms with Gasteiger partial charge in [0, 0.05) is 0 Å². The second-order valence-corrected chi connectivity index (χ2v) is 6.08. The zero-order valence-corrected chi connectivity index (χ0v) is 9.79. The van der Waals surface area contributed by atoms with Crippen molar-refractivity contribution < 1.29 is 34.4 Å². The molecule has 0 saturated carbocycles. The first-order chi connectivity index (χ1) is 7.22. The van der Waals surface area contributed by atoms with Gasteiger partial charge >= 0.3 is 6.72 Å². The minimum atomic E-state index is -3.87. The Morgan fingerprint density at radius 3 is 2.31 bits per heavy atom. The Morgan fingerprint density at radius 1 is 1.25 bits per heavy atom. The maximum atomic E-state index is 9.49. The summed E-state index contributed by atoms with van der Waals surface area (Å²) in [5.41, 5.74) is 5.32.